The smallest absolute Gasteiger partial charge is 0.343 e. The SMILES string of the molecule is CC[C@@]1(O)C(=O)OCc2c1cc1n(c2=O)Cc2c-1nc1cc(F)c(C)c3c1c2[C@@H](NC(=O)CN(C)CCOCNC(=O)CNC(=O)[C@H](Cc1ccccc1)NC(=O)CNC(=O)CNC(=O)CCCCCN1C(=O)C=CC1=O)CC3. The molecule has 0 saturated carbocycles. The van der Waals surface area contributed by atoms with Crippen molar-refractivity contribution < 1.29 is 62.1 Å². The van der Waals surface area contributed by atoms with Gasteiger partial charge in [0.1, 0.15) is 25.2 Å². The lowest BCUT2D eigenvalue weighted by Crippen LogP contribution is -2.52. The standard InChI is InChI=1S/C55H63FN10O13/c1-4-55(77)36-22-41-51-34(27-66(41)53(75)35(36)29-79-54(55)76)50-38(15-14-33-31(2)37(56)23-39(63-51)49(33)50)61-46(71)28-64(3)19-20-78-30-60-44(69)25-59-52(74)40(21-32-11-7-5-8-12-32)62-45(70)26-58-43(68)24-57-42(67)13-9-6-10-18-65-47(72)16-17-48(65)73/h5,7-8,11-12,16-17,22-23,38,40,77H,4,6,9-10,13-15,18-21,24-30H2,1-3H3,(H,57,67)(H,58,68)(H,59,74)(H,60,69)(H,61,71)(H,62,70)/t38-,40-,55-/m0/s1. The quantitative estimate of drug-likeness (QED) is 0.0178. The molecule has 0 fully saturated rings. The molecule has 0 radical (unpaired) electrons. The van der Waals surface area contributed by atoms with Crippen molar-refractivity contribution >= 4 is 64.1 Å². The van der Waals surface area contributed by atoms with Gasteiger partial charge in [0.25, 0.3) is 17.4 Å². The number of nitrogens with one attached hydrogen (secondary N) is 6. The fraction of sp³-hybridized carbons (Fsp3) is 0.436. The number of unbranched alkanes of at least 4 members (excludes halogenated alkanes) is 2. The fourth-order valence-electron chi connectivity index (χ4n) is 10.2. The summed E-state index contributed by atoms with van der Waals surface area (Å²) in [5, 5.41) is 27.8. The van der Waals surface area contributed by atoms with E-state index in [1.807, 2.05) is 0 Å². The Labute approximate surface area is 453 Å². The molecule has 0 unspecified atom stereocenters. The Balaban J connectivity index is 0.767. The van der Waals surface area contributed by atoms with Crippen LogP contribution in [0.25, 0.3) is 22.3 Å². The first kappa shape index (κ1) is 57.0. The monoisotopic (exact) mass is 1090 g/mol. The van der Waals surface area contributed by atoms with Crippen molar-refractivity contribution in [3.8, 4) is 11.4 Å². The minimum atomic E-state index is -2.03. The molecule has 0 bridgehead atoms. The van der Waals surface area contributed by atoms with E-state index in [0.717, 1.165) is 16.0 Å². The minimum absolute atomic E-state index is 0.0319. The van der Waals surface area contributed by atoms with Crippen LogP contribution < -0.4 is 37.5 Å². The molecule has 7 N–H and O–H groups in total. The largest absolute Gasteiger partial charge is 0.458 e. The van der Waals surface area contributed by atoms with E-state index in [1.54, 1.807) is 62.2 Å². The van der Waals surface area contributed by atoms with Crippen molar-refractivity contribution in [1.29, 1.82) is 0 Å². The number of aliphatic hydroxyl groups is 1. The van der Waals surface area contributed by atoms with Crippen LogP contribution in [-0.2, 0) is 84.2 Å². The molecule has 79 heavy (non-hydrogen) atoms. The number of carbonyl (C=O) groups excluding carboxylic acids is 9. The van der Waals surface area contributed by atoms with Crippen LogP contribution >= 0.6 is 0 Å². The van der Waals surface area contributed by atoms with Gasteiger partial charge in [0, 0.05) is 60.7 Å². The van der Waals surface area contributed by atoms with E-state index >= 15 is 4.39 Å². The molecule has 418 valence electrons. The Morgan fingerprint density at radius 3 is 2.34 bits per heavy atom. The van der Waals surface area contributed by atoms with Gasteiger partial charge in [0.05, 0.1) is 67.8 Å². The first-order valence-corrected chi connectivity index (χ1v) is 26.2. The maximum atomic E-state index is 15.4. The van der Waals surface area contributed by atoms with Crippen LogP contribution in [0.5, 0.6) is 0 Å². The number of pyridine rings is 2. The lowest BCUT2D eigenvalue weighted by Gasteiger charge is -2.31. The van der Waals surface area contributed by atoms with Gasteiger partial charge >= 0.3 is 5.97 Å². The number of aryl methyl sites for hydroxylation is 1. The number of aromatic nitrogens is 2. The number of likely N-dealkylation sites (N-methyl/N-ethyl adjacent to an activating group) is 1. The van der Waals surface area contributed by atoms with E-state index in [9.17, 15) is 53.1 Å². The van der Waals surface area contributed by atoms with Crippen LogP contribution in [0.2, 0.25) is 0 Å². The molecule has 4 aromatic rings. The second kappa shape index (κ2) is 25.1. The molecule has 2 aromatic carbocycles. The highest BCUT2D eigenvalue weighted by molar-refractivity contribution is 6.12. The van der Waals surface area contributed by atoms with Crippen molar-refractivity contribution in [1.82, 2.24) is 51.3 Å². The summed E-state index contributed by atoms with van der Waals surface area (Å²) in [5.41, 5.74) is 2.30. The number of ether oxygens (including phenoxy) is 2. The van der Waals surface area contributed by atoms with Crippen LogP contribution in [0.3, 0.4) is 0 Å². The number of hydrogen-bond acceptors (Lipinski definition) is 15. The van der Waals surface area contributed by atoms with E-state index in [1.165, 1.54) is 22.8 Å². The van der Waals surface area contributed by atoms with Crippen molar-refractivity contribution in [3.63, 3.8) is 0 Å². The van der Waals surface area contributed by atoms with E-state index in [2.05, 4.69) is 31.9 Å². The average Bonchev–Trinajstić information content (AvgIpc) is 4.08. The zero-order valence-electron chi connectivity index (χ0n) is 44.1. The second-order valence-electron chi connectivity index (χ2n) is 19.9. The summed E-state index contributed by atoms with van der Waals surface area (Å²) < 4.78 is 27.7. The number of fused-ring (bicyclic) bond motifs is 5. The number of imide groups is 1. The second-order valence-corrected chi connectivity index (χ2v) is 19.9. The fourth-order valence-corrected chi connectivity index (χ4v) is 10.2. The summed E-state index contributed by atoms with van der Waals surface area (Å²) in [4.78, 5) is 135. The summed E-state index contributed by atoms with van der Waals surface area (Å²) in [6, 6.07) is 10.1. The highest BCUT2D eigenvalue weighted by atomic mass is 19.1. The van der Waals surface area contributed by atoms with Gasteiger partial charge in [-0.1, -0.05) is 43.7 Å². The first-order chi connectivity index (χ1) is 37.9. The summed E-state index contributed by atoms with van der Waals surface area (Å²) in [6.07, 6.45) is 5.03. The molecule has 2 aromatic heterocycles. The zero-order chi connectivity index (χ0) is 56.5. The van der Waals surface area contributed by atoms with E-state index in [0.29, 0.717) is 71.1 Å². The summed E-state index contributed by atoms with van der Waals surface area (Å²) in [7, 11) is 1.72. The third-order valence-corrected chi connectivity index (χ3v) is 14.6. The average molecular weight is 1090 g/mol. The number of carbonyl (C=O) groups is 9. The van der Waals surface area contributed by atoms with Crippen molar-refractivity contribution in [3.05, 3.63) is 110 Å². The number of rotatable bonds is 25. The molecule has 8 rings (SSSR count). The van der Waals surface area contributed by atoms with Gasteiger partial charge in [-0.05, 0) is 74.4 Å². The number of hydrogen-bond donors (Lipinski definition) is 7. The van der Waals surface area contributed by atoms with Crippen molar-refractivity contribution in [2.45, 2.75) is 96.1 Å². The molecular formula is C55H63FN10O13. The number of halogens is 1. The Morgan fingerprint density at radius 2 is 1.59 bits per heavy atom. The van der Waals surface area contributed by atoms with E-state index in [4.69, 9.17) is 14.5 Å². The molecule has 1 aliphatic carbocycles. The maximum Gasteiger partial charge on any atom is 0.343 e. The highest BCUT2D eigenvalue weighted by Crippen LogP contribution is 2.46. The number of benzene rings is 2. The van der Waals surface area contributed by atoms with Crippen molar-refractivity contribution in [2.75, 3.05) is 59.7 Å². The number of amides is 8. The number of esters is 1. The van der Waals surface area contributed by atoms with E-state index < -0.39 is 84.2 Å². The van der Waals surface area contributed by atoms with Gasteiger partial charge in [-0.3, -0.25) is 53.0 Å². The lowest BCUT2D eigenvalue weighted by molar-refractivity contribution is -0.172. The summed E-state index contributed by atoms with van der Waals surface area (Å²) >= 11 is 0. The van der Waals surface area contributed by atoms with Gasteiger partial charge in [-0.2, -0.15) is 0 Å². The highest BCUT2D eigenvalue weighted by Gasteiger charge is 2.46. The van der Waals surface area contributed by atoms with Crippen LogP contribution in [0.15, 0.2) is 59.4 Å². The van der Waals surface area contributed by atoms with Gasteiger partial charge in [0.2, 0.25) is 35.4 Å². The molecule has 5 heterocycles. The van der Waals surface area contributed by atoms with E-state index in [-0.39, 0.29) is 94.2 Å². The Bertz CT molecular complexity index is 3180. The summed E-state index contributed by atoms with van der Waals surface area (Å²) in [6.45, 7) is 2.16. The normalized spacial score (nSPS) is 17.2. The van der Waals surface area contributed by atoms with Crippen LogP contribution in [-0.4, -0.2) is 143 Å². The topological polar surface area (TPSA) is 306 Å². The predicted molar refractivity (Wildman–Crippen MR) is 280 cm³/mol. The Kier molecular flexibility index (Phi) is 18.1. The van der Waals surface area contributed by atoms with Crippen LogP contribution in [0.1, 0.15) is 90.4 Å². The molecule has 8 amide bonds. The molecule has 0 saturated heterocycles. The van der Waals surface area contributed by atoms with Crippen molar-refractivity contribution in [2.24, 2.45) is 0 Å². The van der Waals surface area contributed by atoms with Gasteiger partial charge in [-0.25, -0.2) is 14.2 Å². The third-order valence-electron chi connectivity index (χ3n) is 14.6. The Hall–Kier alpha value is -8.22. The predicted octanol–water partition coefficient (Wildman–Crippen LogP) is 0.214. The Morgan fingerprint density at radius 1 is 0.886 bits per heavy atom. The minimum Gasteiger partial charge on any atom is -0.458 e. The zero-order valence-corrected chi connectivity index (χ0v) is 44.1. The summed E-state index contributed by atoms with van der Waals surface area (Å²) in [5.74, 6) is -5.32. The third kappa shape index (κ3) is 13.0. The lowest BCUT2D eigenvalue weighted by atomic mass is 9.81. The molecule has 24 heteroatoms. The van der Waals surface area contributed by atoms with Gasteiger partial charge in [0.15, 0.2) is 5.60 Å². The molecule has 0 spiro atoms. The van der Waals surface area contributed by atoms with Crippen LogP contribution in [0, 0.1) is 12.7 Å². The maximum absolute atomic E-state index is 15.4. The van der Waals surface area contributed by atoms with Gasteiger partial charge in [-0.15, -0.1) is 0 Å². The molecule has 3 aliphatic heterocycles. The number of cyclic esters (lactones) is 1. The van der Waals surface area contributed by atoms with Gasteiger partial charge < -0.3 is 51.0 Å². The number of nitrogens with zero attached hydrogens (tertiary/aromatic N) is 4. The molecule has 4 aliphatic rings. The van der Waals surface area contributed by atoms with Crippen LogP contribution in [0.4, 0.5) is 4.39 Å². The molecule has 23 nitrogen and oxygen atoms in total. The molecule has 3 atom stereocenters. The first-order valence-electron chi connectivity index (χ1n) is 26.2. The molecular weight excluding hydrogens is 1030 g/mol.